The fourth-order valence-corrected chi connectivity index (χ4v) is 2.47. The Hall–Kier alpha value is -3.12. The van der Waals surface area contributed by atoms with Crippen LogP contribution >= 0.6 is 11.6 Å². The molecule has 3 aromatic rings. The summed E-state index contributed by atoms with van der Waals surface area (Å²) in [5.41, 5.74) is 2.26. The molecule has 0 aliphatic rings. The third-order valence-corrected chi connectivity index (χ3v) is 4.02. The molecule has 0 bridgehead atoms. The number of oxazole rings is 1. The second-order valence-electron chi connectivity index (χ2n) is 5.84. The minimum Gasteiger partial charge on any atom is -0.452 e. The van der Waals surface area contributed by atoms with Crippen molar-refractivity contribution in [3.63, 3.8) is 0 Å². The minimum atomic E-state index is -0.648. The van der Waals surface area contributed by atoms with E-state index in [1.54, 1.807) is 25.2 Å². The largest absolute Gasteiger partial charge is 0.452 e. The van der Waals surface area contributed by atoms with E-state index < -0.39 is 5.97 Å². The number of benzene rings is 2. The molecule has 2 aromatic carbocycles. The van der Waals surface area contributed by atoms with Gasteiger partial charge in [0.05, 0.1) is 0 Å². The van der Waals surface area contributed by atoms with Crippen molar-refractivity contribution >= 4 is 40.7 Å². The molecule has 3 rings (SSSR count). The quantitative estimate of drug-likeness (QED) is 0.478. The van der Waals surface area contributed by atoms with Gasteiger partial charge in [-0.15, -0.1) is 0 Å². The first kappa shape index (κ1) is 18.7. The van der Waals surface area contributed by atoms with Crippen molar-refractivity contribution in [2.45, 2.75) is 6.54 Å². The number of halogens is 1. The van der Waals surface area contributed by atoms with Crippen LogP contribution in [0.25, 0.3) is 17.2 Å². The second kappa shape index (κ2) is 8.51. The maximum Gasteiger partial charge on any atom is 0.331 e. The van der Waals surface area contributed by atoms with Crippen molar-refractivity contribution in [3.05, 3.63) is 71.1 Å². The number of hydrogen-bond acceptors (Lipinski definition) is 5. The smallest absolute Gasteiger partial charge is 0.331 e. The van der Waals surface area contributed by atoms with Gasteiger partial charge >= 0.3 is 5.97 Å². The number of rotatable bonds is 6. The summed E-state index contributed by atoms with van der Waals surface area (Å²) in [6.45, 7) is 0.0487. The van der Waals surface area contributed by atoms with Crippen LogP contribution in [-0.2, 0) is 20.9 Å². The molecule has 0 radical (unpaired) electrons. The predicted molar refractivity (Wildman–Crippen MR) is 102 cm³/mol. The second-order valence-corrected chi connectivity index (χ2v) is 6.27. The van der Waals surface area contributed by atoms with Crippen molar-refractivity contribution in [1.82, 2.24) is 9.88 Å². The zero-order chi connectivity index (χ0) is 19.2. The Bertz CT molecular complexity index is 946. The maximum absolute atomic E-state index is 12.1. The summed E-state index contributed by atoms with van der Waals surface area (Å²) in [4.78, 5) is 29.6. The lowest BCUT2D eigenvalue weighted by Gasteiger charge is -2.17. The number of carbonyl (C=O) groups excluding carboxylic acids is 2. The van der Waals surface area contributed by atoms with Gasteiger partial charge in [-0.05, 0) is 29.8 Å². The topological polar surface area (TPSA) is 72.6 Å². The van der Waals surface area contributed by atoms with E-state index in [9.17, 15) is 9.59 Å². The Balaban J connectivity index is 1.48. The van der Waals surface area contributed by atoms with E-state index in [4.69, 9.17) is 20.8 Å². The first-order valence-electron chi connectivity index (χ1n) is 8.20. The lowest BCUT2D eigenvalue weighted by atomic mass is 10.2. The van der Waals surface area contributed by atoms with Crippen molar-refractivity contribution in [2.75, 3.05) is 13.7 Å². The van der Waals surface area contributed by atoms with Gasteiger partial charge in [-0.2, -0.15) is 0 Å². The van der Waals surface area contributed by atoms with Gasteiger partial charge in [-0.3, -0.25) is 4.79 Å². The molecule has 0 aliphatic carbocycles. The first-order chi connectivity index (χ1) is 13.0. The standard InChI is InChI=1S/C20H17ClN2O4/c1-23(12-14-6-8-15(21)9-7-14)19(24)13-26-20(25)11-10-18-22-16-4-2-3-5-17(16)27-18/h2-11H,12-13H2,1H3/b11-10+. The molecule has 0 N–H and O–H groups in total. The van der Waals surface area contributed by atoms with Crippen molar-refractivity contribution in [2.24, 2.45) is 0 Å². The number of nitrogens with zero attached hydrogens (tertiary/aromatic N) is 2. The molecular formula is C20H17ClN2O4. The molecule has 0 saturated heterocycles. The molecule has 0 aliphatic heterocycles. The molecule has 7 heteroatoms. The van der Waals surface area contributed by atoms with Crippen LogP contribution in [0.3, 0.4) is 0 Å². The summed E-state index contributed by atoms with van der Waals surface area (Å²) < 4.78 is 10.4. The van der Waals surface area contributed by atoms with Crippen LogP contribution in [0, 0.1) is 0 Å². The SMILES string of the molecule is CN(Cc1ccc(Cl)cc1)C(=O)COC(=O)/C=C/c1nc2ccccc2o1. The number of likely N-dealkylation sites (N-methyl/N-ethyl adjacent to an activating group) is 1. The van der Waals surface area contributed by atoms with E-state index in [2.05, 4.69) is 4.98 Å². The van der Waals surface area contributed by atoms with E-state index in [-0.39, 0.29) is 12.5 Å². The average Bonchev–Trinajstić information content (AvgIpc) is 3.09. The van der Waals surface area contributed by atoms with Gasteiger partial charge in [0.1, 0.15) is 5.52 Å². The first-order valence-corrected chi connectivity index (χ1v) is 8.58. The molecule has 0 saturated carbocycles. The zero-order valence-electron chi connectivity index (χ0n) is 14.6. The van der Waals surface area contributed by atoms with Crippen molar-refractivity contribution in [1.29, 1.82) is 0 Å². The number of carbonyl (C=O) groups is 2. The van der Waals surface area contributed by atoms with Gasteiger partial charge in [0, 0.05) is 30.8 Å². The van der Waals surface area contributed by atoms with E-state index in [1.165, 1.54) is 17.1 Å². The lowest BCUT2D eigenvalue weighted by Crippen LogP contribution is -2.30. The molecule has 0 unspecified atom stereocenters. The Morgan fingerprint density at radius 3 is 2.67 bits per heavy atom. The number of hydrogen-bond donors (Lipinski definition) is 0. The zero-order valence-corrected chi connectivity index (χ0v) is 15.3. The van der Waals surface area contributed by atoms with Crippen LogP contribution in [0.2, 0.25) is 5.02 Å². The van der Waals surface area contributed by atoms with Crippen LogP contribution < -0.4 is 0 Å². The van der Waals surface area contributed by atoms with Crippen LogP contribution in [-0.4, -0.2) is 35.4 Å². The van der Waals surface area contributed by atoms with Crippen molar-refractivity contribution in [3.8, 4) is 0 Å². The number of aromatic nitrogens is 1. The van der Waals surface area contributed by atoms with Gasteiger partial charge in [-0.1, -0.05) is 35.9 Å². The summed E-state index contributed by atoms with van der Waals surface area (Å²) >= 11 is 5.84. The molecule has 1 heterocycles. The highest BCUT2D eigenvalue weighted by Gasteiger charge is 2.12. The normalized spacial score (nSPS) is 11.0. The third kappa shape index (κ3) is 5.18. The maximum atomic E-state index is 12.1. The van der Waals surface area contributed by atoms with E-state index in [0.29, 0.717) is 28.6 Å². The van der Waals surface area contributed by atoms with Crippen LogP contribution in [0.1, 0.15) is 11.5 Å². The Morgan fingerprint density at radius 1 is 1.19 bits per heavy atom. The van der Waals surface area contributed by atoms with Gasteiger partial charge in [-0.25, -0.2) is 9.78 Å². The molecule has 0 spiro atoms. The highest BCUT2D eigenvalue weighted by molar-refractivity contribution is 6.30. The number of ether oxygens (including phenoxy) is 1. The minimum absolute atomic E-state index is 0.291. The summed E-state index contributed by atoms with van der Waals surface area (Å²) in [5.74, 6) is -0.668. The molecule has 1 amide bonds. The Labute approximate surface area is 161 Å². The number of para-hydroxylation sites is 2. The molecule has 0 fully saturated rings. The molecule has 138 valence electrons. The summed E-state index contributed by atoms with van der Waals surface area (Å²) in [6, 6.07) is 14.5. The van der Waals surface area contributed by atoms with Crippen LogP contribution in [0.4, 0.5) is 0 Å². The molecule has 27 heavy (non-hydrogen) atoms. The van der Waals surface area contributed by atoms with Gasteiger partial charge in [0.2, 0.25) is 5.89 Å². The lowest BCUT2D eigenvalue weighted by molar-refractivity contribution is -0.147. The van der Waals surface area contributed by atoms with Crippen LogP contribution in [0.15, 0.2) is 59.0 Å². The highest BCUT2D eigenvalue weighted by atomic mass is 35.5. The predicted octanol–water partition coefficient (Wildman–Crippen LogP) is 3.70. The van der Waals surface area contributed by atoms with Crippen molar-refractivity contribution < 1.29 is 18.7 Å². The number of esters is 1. The summed E-state index contributed by atoms with van der Waals surface area (Å²) in [6.07, 6.45) is 2.58. The highest BCUT2D eigenvalue weighted by Crippen LogP contribution is 2.15. The van der Waals surface area contributed by atoms with E-state index in [0.717, 1.165) is 5.56 Å². The monoisotopic (exact) mass is 384 g/mol. The van der Waals surface area contributed by atoms with Gasteiger partial charge in [0.25, 0.3) is 5.91 Å². The van der Waals surface area contributed by atoms with Crippen LogP contribution in [0.5, 0.6) is 0 Å². The number of amides is 1. The molecular weight excluding hydrogens is 368 g/mol. The van der Waals surface area contributed by atoms with E-state index >= 15 is 0 Å². The molecule has 1 aromatic heterocycles. The molecule has 6 nitrogen and oxygen atoms in total. The summed E-state index contributed by atoms with van der Waals surface area (Å²) in [7, 11) is 1.64. The molecule has 0 atom stereocenters. The fourth-order valence-electron chi connectivity index (χ4n) is 2.34. The number of fused-ring (bicyclic) bond motifs is 1. The van der Waals surface area contributed by atoms with E-state index in [1.807, 2.05) is 30.3 Å². The summed E-state index contributed by atoms with van der Waals surface area (Å²) in [5, 5.41) is 0.632. The Kier molecular flexibility index (Phi) is 5.88. The van der Waals surface area contributed by atoms with Gasteiger partial charge in [0.15, 0.2) is 12.2 Å². The Morgan fingerprint density at radius 2 is 1.93 bits per heavy atom. The third-order valence-electron chi connectivity index (χ3n) is 3.77. The fraction of sp³-hybridized carbons (Fsp3) is 0.150. The van der Waals surface area contributed by atoms with Gasteiger partial charge < -0.3 is 14.1 Å². The average molecular weight is 385 g/mol.